The predicted octanol–water partition coefficient (Wildman–Crippen LogP) is 11.3. The molecule has 0 fully saturated rings. The van der Waals surface area contributed by atoms with Crippen LogP contribution in [0.1, 0.15) is 193 Å². The Morgan fingerprint density at radius 1 is 0.421 bits per heavy atom. The third kappa shape index (κ3) is 134. The molecular formula is C45H104N2O10. The van der Waals surface area contributed by atoms with Gasteiger partial charge in [0.05, 0.1) is 12.7 Å². The smallest absolute Gasteiger partial charge is 0.373 e. The Morgan fingerprint density at radius 3 is 1.12 bits per heavy atom. The van der Waals surface area contributed by atoms with Crippen LogP contribution in [0.5, 0.6) is 0 Å². The Bertz CT molecular complexity index is 521. The van der Waals surface area contributed by atoms with Gasteiger partial charge < -0.3 is 43.3 Å². The van der Waals surface area contributed by atoms with E-state index in [1.807, 2.05) is 27.7 Å². The highest BCUT2D eigenvalue weighted by Crippen LogP contribution is 1.97. The van der Waals surface area contributed by atoms with Gasteiger partial charge in [0.25, 0.3) is 0 Å². The van der Waals surface area contributed by atoms with Gasteiger partial charge in [-0.25, -0.2) is 5.90 Å². The molecule has 0 spiro atoms. The molecule has 0 aliphatic carbocycles. The second-order valence-electron chi connectivity index (χ2n) is 12.2. The molecule has 0 saturated heterocycles. The second-order valence-corrected chi connectivity index (χ2v) is 12.2. The van der Waals surface area contributed by atoms with Crippen LogP contribution < -0.4 is 11.2 Å². The maximum absolute atomic E-state index is 8.12. The number of nitrogens with one attached hydrogen (secondary N) is 1. The van der Waals surface area contributed by atoms with E-state index in [9.17, 15) is 0 Å². The summed E-state index contributed by atoms with van der Waals surface area (Å²) in [6.45, 7) is 40.6. The van der Waals surface area contributed by atoms with Crippen LogP contribution >= 0.6 is 0 Å². The highest BCUT2D eigenvalue weighted by molar-refractivity contribution is 5.20. The Morgan fingerprint density at radius 2 is 0.807 bits per heavy atom. The molecule has 0 aliphatic heterocycles. The normalized spacial score (nSPS) is 9.40. The van der Waals surface area contributed by atoms with Crippen molar-refractivity contribution in [1.29, 1.82) is 0 Å². The number of rotatable bonds is 32. The van der Waals surface area contributed by atoms with E-state index in [0.717, 1.165) is 124 Å². The fourth-order valence-electron chi connectivity index (χ4n) is 3.20. The number of hydrogen-bond acceptors (Lipinski definition) is 12. The molecule has 0 radical (unpaired) electrons. The summed E-state index contributed by atoms with van der Waals surface area (Å²) in [6.07, 6.45) is 18.6. The van der Waals surface area contributed by atoms with Gasteiger partial charge in [0.1, 0.15) is 13.6 Å². The molecule has 0 aliphatic rings. The van der Waals surface area contributed by atoms with Crippen molar-refractivity contribution in [2.24, 2.45) is 5.90 Å². The number of likely N-dealkylation sites (N-methyl/N-ethyl adjacent to an activating group) is 1. The highest BCUT2D eigenvalue weighted by Gasteiger charge is 1.97. The van der Waals surface area contributed by atoms with E-state index in [4.69, 9.17) is 48.6 Å². The first-order chi connectivity index (χ1) is 27.7. The predicted molar refractivity (Wildman–Crippen MR) is 242 cm³/mol. The van der Waals surface area contributed by atoms with E-state index < -0.39 is 0 Å². The Balaban J connectivity index is -0.0000000824. The van der Waals surface area contributed by atoms with Crippen LogP contribution in [0.15, 0.2) is 0 Å². The van der Waals surface area contributed by atoms with Crippen molar-refractivity contribution in [2.75, 3.05) is 92.7 Å². The lowest BCUT2D eigenvalue weighted by molar-refractivity contribution is -0.191. The number of hydrogen-bond donors (Lipinski definition) is 2. The molecule has 0 atom stereocenters. The number of carbonyl (C=O) groups excluding carboxylic acids is 2. The van der Waals surface area contributed by atoms with E-state index >= 15 is 0 Å². The molecule has 0 saturated carbocycles. The maximum Gasteiger partial charge on any atom is 0.373 e. The van der Waals surface area contributed by atoms with E-state index in [-0.39, 0.29) is 12.3 Å². The minimum Gasteiger partial charge on any atom is -0.382 e. The zero-order chi connectivity index (χ0) is 45.2. The maximum atomic E-state index is 8.12. The van der Waals surface area contributed by atoms with Crippen molar-refractivity contribution in [2.45, 2.75) is 199 Å². The van der Waals surface area contributed by atoms with Gasteiger partial charge in [0, 0.05) is 66.0 Å². The lowest BCUT2D eigenvalue weighted by Gasteiger charge is -2.06. The molecule has 0 aromatic rings. The minimum atomic E-state index is 0.250. The summed E-state index contributed by atoms with van der Waals surface area (Å²) in [5.74, 6) is 4.89. The summed E-state index contributed by atoms with van der Waals surface area (Å²) in [4.78, 5) is 20.8. The van der Waals surface area contributed by atoms with Crippen molar-refractivity contribution >= 4 is 6.15 Å². The van der Waals surface area contributed by atoms with E-state index in [1.54, 1.807) is 0 Å². The fourth-order valence-corrected chi connectivity index (χ4v) is 3.20. The van der Waals surface area contributed by atoms with E-state index in [0.29, 0.717) is 13.6 Å². The van der Waals surface area contributed by atoms with Crippen LogP contribution in [0.4, 0.5) is 0 Å². The van der Waals surface area contributed by atoms with Crippen molar-refractivity contribution in [3.63, 3.8) is 0 Å². The third-order valence-electron chi connectivity index (χ3n) is 6.84. The van der Waals surface area contributed by atoms with Crippen LogP contribution in [0, 0.1) is 0 Å². The van der Waals surface area contributed by atoms with Gasteiger partial charge in [-0.3, -0.25) is 0 Å². The monoisotopic (exact) mass is 833 g/mol. The van der Waals surface area contributed by atoms with E-state index in [2.05, 4.69) is 79.4 Å². The lowest BCUT2D eigenvalue weighted by atomic mass is 10.2. The molecule has 0 bridgehead atoms. The quantitative estimate of drug-likeness (QED) is 0.0378. The van der Waals surface area contributed by atoms with Gasteiger partial charge in [0.15, 0.2) is 0 Å². The SMILES string of the molecule is CCC(CC)ON.CCCC.CCCCC.CCCCCOCOCC.CCCCOCOCC.CCCOCCCCOCC.CCNCCOCC.O=C=O. The first-order valence-electron chi connectivity index (χ1n) is 22.8. The van der Waals surface area contributed by atoms with Crippen molar-refractivity contribution in [3.05, 3.63) is 0 Å². The van der Waals surface area contributed by atoms with Gasteiger partial charge in [-0.05, 0) is 79.2 Å². The van der Waals surface area contributed by atoms with Crippen LogP contribution in [0.25, 0.3) is 0 Å². The number of unbranched alkanes of at least 4 members (excludes halogenated alkanes) is 7. The average molecular weight is 833 g/mol. The van der Waals surface area contributed by atoms with Gasteiger partial charge in [0.2, 0.25) is 0 Å². The number of nitrogens with two attached hydrogens (primary N) is 1. The fraction of sp³-hybridized carbons (Fsp3) is 0.978. The molecule has 12 heteroatoms. The molecular weight excluding hydrogens is 728 g/mol. The molecule has 0 aromatic carbocycles. The van der Waals surface area contributed by atoms with Gasteiger partial charge in [-0.1, -0.05) is 121 Å². The average Bonchev–Trinajstić information content (AvgIpc) is 3.23. The summed E-state index contributed by atoms with van der Waals surface area (Å²) in [5.41, 5.74) is 0. The van der Waals surface area contributed by atoms with Crippen LogP contribution in [-0.2, 0) is 47.6 Å². The first-order valence-corrected chi connectivity index (χ1v) is 22.8. The summed E-state index contributed by atoms with van der Waals surface area (Å²) in [6, 6.07) is 0. The molecule has 354 valence electrons. The van der Waals surface area contributed by atoms with Crippen LogP contribution in [-0.4, -0.2) is 105 Å². The summed E-state index contributed by atoms with van der Waals surface area (Å²) in [5, 5.41) is 3.16. The Kier molecular flexibility index (Phi) is 123. The summed E-state index contributed by atoms with van der Waals surface area (Å²) < 4.78 is 35.8. The standard InChI is InChI=1S/C9H20O2.C8H18O2.C7H16O2.C6H15NO.C5H13NO.C5H12.C4H10.CO2/c1-3-7-11-9-6-5-8-10-4-2;1-3-5-6-7-10-8-9-4-2;1-3-5-6-9-7-8-4-2;1-3-7-5-6-8-4-2;1-3-5(4-2)7-6;1-3-5-4-2;1-3-4-2;2-1-3/h3-9H2,1-2H3;3-8H2,1-2H3;3-7H2,1-2H3;7H,3-6H2,1-2H3;5H,3-4,6H2,1-2H3;3-5H2,1-2H3;3-4H2,1-2H3;. The molecule has 0 rings (SSSR count). The lowest BCUT2D eigenvalue weighted by Crippen LogP contribution is -2.18. The van der Waals surface area contributed by atoms with Crippen LogP contribution in [0.3, 0.4) is 0 Å². The zero-order valence-electron chi connectivity index (χ0n) is 40.7. The topological polar surface area (TPSA) is 146 Å². The number of ether oxygens (including phenoxy) is 7. The van der Waals surface area contributed by atoms with Gasteiger partial charge in [-0.2, -0.15) is 9.59 Å². The van der Waals surface area contributed by atoms with Crippen molar-refractivity contribution in [1.82, 2.24) is 5.32 Å². The van der Waals surface area contributed by atoms with Crippen molar-refractivity contribution in [3.8, 4) is 0 Å². The molecule has 0 unspecified atom stereocenters. The first kappa shape index (κ1) is 73.5. The largest absolute Gasteiger partial charge is 0.382 e. The molecule has 0 aromatic heterocycles. The van der Waals surface area contributed by atoms with Gasteiger partial charge in [-0.15, -0.1) is 0 Å². The van der Waals surface area contributed by atoms with E-state index in [1.165, 1.54) is 51.4 Å². The van der Waals surface area contributed by atoms with Crippen molar-refractivity contribution < 1.29 is 47.6 Å². The second kappa shape index (κ2) is 95.4. The third-order valence-corrected chi connectivity index (χ3v) is 6.84. The highest BCUT2D eigenvalue weighted by atomic mass is 16.7. The zero-order valence-corrected chi connectivity index (χ0v) is 40.7. The molecule has 12 nitrogen and oxygen atoms in total. The molecule has 0 amide bonds. The minimum absolute atomic E-state index is 0.250. The Labute approximate surface area is 356 Å². The van der Waals surface area contributed by atoms with Crippen LogP contribution in [0.2, 0.25) is 0 Å². The van der Waals surface area contributed by atoms with Gasteiger partial charge >= 0.3 is 6.15 Å². The Hall–Kier alpha value is -1.02. The summed E-state index contributed by atoms with van der Waals surface area (Å²) >= 11 is 0. The summed E-state index contributed by atoms with van der Waals surface area (Å²) in [7, 11) is 0. The molecule has 3 N–H and O–H groups in total. The molecule has 0 heterocycles. The molecule has 57 heavy (non-hydrogen) atoms.